The fraction of sp³-hybridized carbons (Fsp3) is 0.100. The second-order valence-corrected chi connectivity index (χ2v) is 2.61. The third-order valence-electron chi connectivity index (χ3n) is 1.73. The molecule has 1 aromatic carbocycles. The molecule has 0 fully saturated rings. The summed E-state index contributed by atoms with van der Waals surface area (Å²) in [5, 5.41) is 19.4. The minimum Gasteiger partial charge on any atom is -0.258 e. The molecule has 4 nitrogen and oxygen atoms in total. The summed E-state index contributed by atoms with van der Waals surface area (Å²) in [6.45, 7) is 1.79. The molecule has 0 aliphatic carbocycles. The van der Waals surface area contributed by atoms with Crippen molar-refractivity contribution in [1.29, 1.82) is 5.26 Å². The quantitative estimate of drug-likeness (QED) is 0.529. The van der Waals surface area contributed by atoms with Crippen LogP contribution < -0.4 is 0 Å². The number of nitro groups is 1. The number of nitriles is 1. The van der Waals surface area contributed by atoms with Crippen molar-refractivity contribution in [2.75, 3.05) is 0 Å². The summed E-state index contributed by atoms with van der Waals surface area (Å²) in [6, 6.07) is 6.40. The summed E-state index contributed by atoms with van der Waals surface area (Å²) in [5.41, 5.74) is 0.530. The molecule has 0 unspecified atom stereocenters. The Morgan fingerprint density at radius 2 is 2.29 bits per heavy atom. The van der Waals surface area contributed by atoms with Crippen LogP contribution in [0.1, 0.15) is 18.1 Å². The van der Waals surface area contributed by atoms with E-state index in [1.54, 1.807) is 31.2 Å². The molecule has 0 heterocycles. The molecule has 14 heavy (non-hydrogen) atoms. The van der Waals surface area contributed by atoms with Crippen molar-refractivity contribution < 1.29 is 4.92 Å². The fourth-order valence-electron chi connectivity index (χ4n) is 1.15. The van der Waals surface area contributed by atoms with Crippen molar-refractivity contribution in [2.45, 2.75) is 6.92 Å². The summed E-state index contributed by atoms with van der Waals surface area (Å²) < 4.78 is 0. The van der Waals surface area contributed by atoms with E-state index in [2.05, 4.69) is 0 Å². The molecule has 0 radical (unpaired) electrons. The number of nitrogens with zero attached hydrogens (tertiary/aromatic N) is 2. The molecule has 0 spiro atoms. The largest absolute Gasteiger partial charge is 0.287 e. The van der Waals surface area contributed by atoms with E-state index in [0.29, 0.717) is 5.56 Å². The number of benzene rings is 1. The Labute approximate surface area is 81.2 Å². The standard InChI is InChI=1S/C10H8N2O2/c1-2-4-8-5-3-6-10(12(13)14)9(8)7-11/h2-6H,1H3. The first-order valence-electron chi connectivity index (χ1n) is 4.01. The average Bonchev–Trinajstić information content (AvgIpc) is 2.18. The molecule has 1 aromatic rings. The number of nitro benzene ring substituents is 1. The van der Waals surface area contributed by atoms with Gasteiger partial charge in [0.1, 0.15) is 11.6 Å². The molecule has 0 aliphatic heterocycles. The van der Waals surface area contributed by atoms with Crippen molar-refractivity contribution in [3.8, 4) is 6.07 Å². The second-order valence-electron chi connectivity index (χ2n) is 2.61. The summed E-state index contributed by atoms with van der Waals surface area (Å²) in [4.78, 5) is 10.0. The third-order valence-corrected chi connectivity index (χ3v) is 1.73. The third kappa shape index (κ3) is 1.77. The van der Waals surface area contributed by atoms with Gasteiger partial charge in [-0.25, -0.2) is 0 Å². The minimum atomic E-state index is -0.550. The van der Waals surface area contributed by atoms with Crippen molar-refractivity contribution in [3.05, 3.63) is 45.5 Å². The van der Waals surface area contributed by atoms with E-state index in [-0.39, 0.29) is 11.3 Å². The Hall–Kier alpha value is -2.15. The van der Waals surface area contributed by atoms with E-state index >= 15 is 0 Å². The maximum absolute atomic E-state index is 10.6. The Morgan fingerprint density at radius 1 is 1.57 bits per heavy atom. The van der Waals surface area contributed by atoms with Crippen LogP contribution in [0.3, 0.4) is 0 Å². The van der Waals surface area contributed by atoms with Crippen molar-refractivity contribution in [3.63, 3.8) is 0 Å². The second kappa shape index (κ2) is 4.19. The lowest BCUT2D eigenvalue weighted by molar-refractivity contribution is -0.385. The molecular formula is C10H8N2O2. The molecule has 0 atom stereocenters. The lowest BCUT2D eigenvalue weighted by Crippen LogP contribution is -1.93. The topological polar surface area (TPSA) is 66.9 Å². The summed E-state index contributed by atoms with van der Waals surface area (Å²) >= 11 is 0. The highest BCUT2D eigenvalue weighted by Gasteiger charge is 2.14. The summed E-state index contributed by atoms with van der Waals surface area (Å²) in [6.07, 6.45) is 3.41. The lowest BCUT2D eigenvalue weighted by Gasteiger charge is -1.98. The van der Waals surface area contributed by atoms with Crippen LogP contribution in [0.2, 0.25) is 0 Å². The van der Waals surface area contributed by atoms with Gasteiger partial charge in [0.05, 0.1) is 4.92 Å². The molecule has 4 heteroatoms. The number of hydrogen-bond acceptors (Lipinski definition) is 3. The van der Waals surface area contributed by atoms with E-state index in [9.17, 15) is 10.1 Å². The van der Waals surface area contributed by atoms with Gasteiger partial charge in [0.15, 0.2) is 0 Å². The average molecular weight is 188 g/mol. The molecule has 70 valence electrons. The zero-order valence-corrected chi connectivity index (χ0v) is 7.60. The van der Waals surface area contributed by atoms with Gasteiger partial charge >= 0.3 is 0 Å². The molecule has 0 amide bonds. The van der Waals surface area contributed by atoms with Crippen molar-refractivity contribution in [2.24, 2.45) is 0 Å². The van der Waals surface area contributed by atoms with Crippen LogP contribution in [0.4, 0.5) is 5.69 Å². The highest BCUT2D eigenvalue weighted by molar-refractivity contribution is 5.64. The monoisotopic (exact) mass is 188 g/mol. The van der Waals surface area contributed by atoms with E-state index < -0.39 is 4.92 Å². The summed E-state index contributed by atoms with van der Waals surface area (Å²) in [7, 11) is 0. The van der Waals surface area contributed by atoms with E-state index in [0.717, 1.165) is 0 Å². The highest BCUT2D eigenvalue weighted by atomic mass is 16.6. The first kappa shape index (κ1) is 9.93. The van der Waals surface area contributed by atoms with Crippen LogP contribution >= 0.6 is 0 Å². The van der Waals surface area contributed by atoms with Gasteiger partial charge in [-0.05, 0) is 12.5 Å². The van der Waals surface area contributed by atoms with Gasteiger partial charge in [-0.2, -0.15) is 5.26 Å². The predicted octanol–water partition coefficient (Wildman–Crippen LogP) is 2.50. The van der Waals surface area contributed by atoms with Gasteiger partial charge in [-0.15, -0.1) is 0 Å². The zero-order chi connectivity index (χ0) is 10.6. The van der Waals surface area contributed by atoms with E-state index in [4.69, 9.17) is 5.26 Å². The predicted molar refractivity (Wildman–Crippen MR) is 52.5 cm³/mol. The number of hydrogen-bond donors (Lipinski definition) is 0. The molecule has 0 saturated carbocycles. The van der Waals surface area contributed by atoms with E-state index in [1.807, 2.05) is 6.07 Å². The van der Waals surface area contributed by atoms with Gasteiger partial charge in [0.25, 0.3) is 5.69 Å². The van der Waals surface area contributed by atoms with Crippen LogP contribution in [-0.4, -0.2) is 4.92 Å². The van der Waals surface area contributed by atoms with Crippen LogP contribution in [0.15, 0.2) is 24.3 Å². The minimum absolute atomic E-state index is 0.107. The Balaban J connectivity index is 3.41. The number of rotatable bonds is 2. The van der Waals surface area contributed by atoms with Crippen LogP contribution in [0, 0.1) is 21.4 Å². The van der Waals surface area contributed by atoms with Crippen LogP contribution in [-0.2, 0) is 0 Å². The molecular weight excluding hydrogens is 180 g/mol. The lowest BCUT2D eigenvalue weighted by atomic mass is 10.1. The van der Waals surface area contributed by atoms with Crippen molar-refractivity contribution >= 4 is 11.8 Å². The zero-order valence-electron chi connectivity index (χ0n) is 7.60. The Morgan fingerprint density at radius 3 is 2.79 bits per heavy atom. The first-order valence-corrected chi connectivity index (χ1v) is 4.01. The summed E-state index contributed by atoms with van der Waals surface area (Å²) in [5.74, 6) is 0. The Kier molecular flexibility index (Phi) is 2.97. The van der Waals surface area contributed by atoms with Crippen LogP contribution in [0.25, 0.3) is 6.08 Å². The normalized spacial score (nSPS) is 10.0. The first-order chi connectivity index (χ1) is 6.70. The van der Waals surface area contributed by atoms with Gasteiger partial charge < -0.3 is 0 Å². The number of allylic oxidation sites excluding steroid dienone is 1. The highest BCUT2D eigenvalue weighted by Crippen LogP contribution is 2.22. The van der Waals surface area contributed by atoms with Gasteiger partial charge in [-0.1, -0.05) is 24.3 Å². The van der Waals surface area contributed by atoms with Gasteiger partial charge in [0, 0.05) is 6.07 Å². The molecule has 0 saturated heterocycles. The smallest absolute Gasteiger partial charge is 0.258 e. The van der Waals surface area contributed by atoms with Crippen molar-refractivity contribution in [1.82, 2.24) is 0 Å². The Bertz CT molecular complexity index is 430. The van der Waals surface area contributed by atoms with Gasteiger partial charge in [-0.3, -0.25) is 10.1 Å². The SMILES string of the molecule is CC=Cc1cccc([N+](=O)[O-])c1C#N. The molecule has 0 aromatic heterocycles. The fourth-order valence-corrected chi connectivity index (χ4v) is 1.15. The van der Waals surface area contributed by atoms with Gasteiger partial charge in [0.2, 0.25) is 0 Å². The van der Waals surface area contributed by atoms with Crippen LogP contribution in [0.5, 0.6) is 0 Å². The maximum atomic E-state index is 10.6. The van der Waals surface area contributed by atoms with E-state index in [1.165, 1.54) is 6.07 Å². The molecule has 0 N–H and O–H groups in total. The molecule has 0 aliphatic rings. The maximum Gasteiger partial charge on any atom is 0.287 e. The molecule has 0 bridgehead atoms. The molecule has 1 rings (SSSR count).